The topological polar surface area (TPSA) is 91.5 Å². The predicted molar refractivity (Wildman–Crippen MR) is 72.2 cm³/mol. The molecule has 1 aromatic rings. The van der Waals surface area contributed by atoms with Crippen molar-refractivity contribution in [3.8, 4) is 0 Å². The Labute approximate surface area is 116 Å². The molecule has 1 aromatic heterocycles. The lowest BCUT2D eigenvalue weighted by molar-refractivity contribution is -0.133. The largest absolute Gasteiger partial charge is 0.481 e. The average molecular weight is 288 g/mol. The van der Waals surface area contributed by atoms with Crippen LogP contribution in [0.4, 0.5) is 0 Å². The third-order valence-electron chi connectivity index (χ3n) is 2.64. The zero-order chi connectivity index (χ0) is 14.4. The van der Waals surface area contributed by atoms with Gasteiger partial charge in [0.15, 0.2) is 11.0 Å². The SMILES string of the molecule is CC(CCN(C)C)n1c(CO)nnc1SCC(=O)O. The first-order valence-electron chi connectivity index (χ1n) is 5.99. The Kier molecular flexibility index (Phi) is 6.26. The first-order chi connectivity index (χ1) is 8.95. The van der Waals surface area contributed by atoms with Crippen LogP contribution in [0.2, 0.25) is 0 Å². The number of carbonyl (C=O) groups is 1. The molecule has 0 saturated carbocycles. The van der Waals surface area contributed by atoms with E-state index in [0.717, 1.165) is 24.7 Å². The molecule has 0 aliphatic rings. The normalized spacial score (nSPS) is 12.9. The zero-order valence-electron chi connectivity index (χ0n) is 11.4. The third kappa shape index (κ3) is 4.81. The van der Waals surface area contributed by atoms with Gasteiger partial charge in [-0.25, -0.2) is 0 Å². The van der Waals surface area contributed by atoms with Crippen molar-refractivity contribution in [1.82, 2.24) is 19.7 Å². The molecule has 1 heterocycles. The summed E-state index contributed by atoms with van der Waals surface area (Å²) >= 11 is 1.12. The van der Waals surface area contributed by atoms with Crippen molar-refractivity contribution < 1.29 is 15.0 Å². The smallest absolute Gasteiger partial charge is 0.313 e. The van der Waals surface area contributed by atoms with E-state index in [9.17, 15) is 9.90 Å². The summed E-state index contributed by atoms with van der Waals surface area (Å²) in [5.74, 6) is -0.491. The molecule has 7 nitrogen and oxygen atoms in total. The van der Waals surface area contributed by atoms with Crippen LogP contribution in [0.1, 0.15) is 25.2 Å². The van der Waals surface area contributed by atoms with Gasteiger partial charge >= 0.3 is 5.97 Å². The van der Waals surface area contributed by atoms with Gasteiger partial charge in [-0.2, -0.15) is 0 Å². The molecule has 8 heteroatoms. The summed E-state index contributed by atoms with van der Waals surface area (Å²) < 4.78 is 1.82. The fraction of sp³-hybridized carbons (Fsp3) is 0.727. The molecule has 0 bridgehead atoms. The molecule has 1 rings (SSSR count). The van der Waals surface area contributed by atoms with Gasteiger partial charge in [0.05, 0.1) is 5.75 Å². The van der Waals surface area contributed by atoms with E-state index in [1.165, 1.54) is 0 Å². The summed E-state index contributed by atoms with van der Waals surface area (Å²) in [5.41, 5.74) is 0. The van der Waals surface area contributed by atoms with E-state index in [1.807, 2.05) is 25.6 Å². The highest BCUT2D eigenvalue weighted by atomic mass is 32.2. The van der Waals surface area contributed by atoms with Crippen LogP contribution in [0.5, 0.6) is 0 Å². The second-order valence-corrected chi connectivity index (χ2v) is 5.49. The molecule has 0 amide bonds. The van der Waals surface area contributed by atoms with Crippen LogP contribution in [0.15, 0.2) is 5.16 Å². The lowest BCUT2D eigenvalue weighted by atomic mass is 10.2. The van der Waals surface area contributed by atoms with Crippen LogP contribution >= 0.6 is 11.8 Å². The van der Waals surface area contributed by atoms with E-state index in [2.05, 4.69) is 15.1 Å². The molecule has 0 saturated heterocycles. The molecule has 2 N–H and O–H groups in total. The average Bonchev–Trinajstić information content (AvgIpc) is 2.76. The van der Waals surface area contributed by atoms with Gasteiger partial charge in [-0.1, -0.05) is 11.8 Å². The number of thioether (sulfide) groups is 1. The first-order valence-corrected chi connectivity index (χ1v) is 6.98. The van der Waals surface area contributed by atoms with Gasteiger partial charge in [0.1, 0.15) is 6.61 Å². The highest BCUT2D eigenvalue weighted by Gasteiger charge is 2.18. The number of rotatable bonds is 8. The molecule has 19 heavy (non-hydrogen) atoms. The van der Waals surface area contributed by atoms with E-state index in [1.54, 1.807) is 0 Å². The second kappa shape index (κ2) is 7.46. The summed E-state index contributed by atoms with van der Waals surface area (Å²) in [4.78, 5) is 12.7. The van der Waals surface area contributed by atoms with Crippen molar-refractivity contribution in [2.75, 3.05) is 26.4 Å². The number of aromatic nitrogens is 3. The van der Waals surface area contributed by atoms with Gasteiger partial charge in [-0.15, -0.1) is 10.2 Å². The van der Waals surface area contributed by atoms with Crippen molar-refractivity contribution in [1.29, 1.82) is 0 Å². The van der Waals surface area contributed by atoms with Crippen molar-refractivity contribution in [3.05, 3.63) is 5.82 Å². The van der Waals surface area contributed by atoms with Crippen molar-refractivity contribution in [2.24, 2.45) is 0 Å². The number of hydrogen-bond donors (Lipinski definition) is 2. The number of carboxylic acids is 1. The van der Waals surface area contributed by atoms with E-state index in [-0.39, 0.29) is 18.4 Å². The van der Waals surface area contributed by atoms with Crippen LogP contribution < -0.4 is 0 Å². The van der Waals surface area contributed by atoms with Gasteiger partial charge in [-0.3, -0.25) is 4.79 Å². The fourth-order valence-electron chi connectivity index (χ4n) is 1.66. The third-order valence-corrected chi connectivity index (χ3v) is 3.56. The number of aliphatic carboxylic acids is 1. The summed E-state index contributed by atoms with van der Waals surface area (Å²) in [5, 5.41) is 26.4. The molecular formula is C11H20N4O3S. The second-order valence-electron chi connectivity index (χ2n) is 4.55. The Morgan fingerprint density at radius 3 is 2.68 bits per heavy atom. The molecule has 108 valence electrons. The van der Waals surface area contributed by atoms with Gasteiger partial charge < -0.3 is 19.7 Å². The van der Waals surface area contributed by atoms with E-state index >= 15 is 0 Å². The maximum absolute atomic E-state index is 10.6. The number of hydrogen-bond acceptors (Lipinski definition) is 6. The number of nitrogens with zero attached hydrogens (tertiary/aromatic N) is 4. The molecule has 0 aliphatic heterocycles. The minimum absolute atomic E-state index is 0.0655. The van der Waals surface area contributed by atoms with Crippen LogP contribution in [-0.4, -0.2) is 62.2 Å². The van der Waals surface area contributed by atoms with Crippen molar-refractivity contribution in [3.63, 3.8) is 0 Å². The minimum atomic E-state index is -0.897. The lowest BCUT2D eigenvalue weighted by Crippen LogP contribution is -2.19. The summed E-state index contributed by atoms with van der Waals surface area (Å²) in [6.07, 6.45) is 0.874. The zero-order valence-corrected chi connectivity index (χ0v) is 12.2. The summed E-state index contributed by atoms with van der Waals surface area (Å²) in [6, 6.07) is 0.107. The van der Waals surface area contributed by atoms with Gasteiger partial charge in [-0.05, 0) is 34.0 Å². The molecule has 0 fully saturated rings. The highest BCUT2D eigenvalue weighted by molar-refractivity contribution is 7.99. The molecule has 0 spiro atoms. The number of aliphatic hydroxyl groups excluding tert-OH is 1. The van der Waals surface area contributed by atoms with E-state index in [4.69, 9.17) is 5.11 Å². The Hall–Kier alpha value is -1.12. The maximum Gasteiger partial charge on any atom is 0.313 e. The fourth-order valence-corrected chi connectivity index (χ4v) is 2.43. The van der Waals surface area contributed by atoms with Crippen LogP contribution in [-0.2, 0) is 11.4 Å². The predicted octanol–water partition coefficient (Wildman–Crippen LogP) is 0.460. The number of carboxylic acid groups (broad SMARTS) is 1. The monoisotopic (exact) mass is 288 g/mol. The molecule has 1 atom stereocenters. The molecule has 0 radical (unpaired) electrons. The van der Waals surface area contributed by atoms with Crippen molar-refractivity contribution >= 4 is 17.7 Å². The quantitative estimate of drug-likeness (QED) is 0.671. The maximum atomic E-state index is 10.6. The van der Waals surface area contributed by atoms with E-state index < -0.39 is 5.97 Å². The highest BCUT2D eigenvalue weighted by Crippen LogP contribution is 2.23. The standard InChI is InChI=1S/C11H20N4O3S/c1-8(4-5-14(2)3)15-9(6-16)12-13-11(15)19-7-10(17)18/h8,16H,4-7H2,1-3H3,(H,17,18). The Bertz CT molecular complexity index is 422. The van der Waals surface area contributed by atoms with Crippen LogP contribution in [0.3, 0.4) is 0 Å². The minimum Gasteiger partial charge on any atom is -0.481 e. The lowest BCUT2D eigenvalue weighted by Gasteiger charge is -2.19. The van der Waals surface area contributed by atoms with Gasteiger partial charge in [0, 0.05) is 6.04 Å². The number of aliphatic hydroxyl groups is 1. The van der Waals surface area contributed by atoms with Crippen LogP contribution in [0, 0.1) is 0 Å². The molecular weight excluding hydrogens is 268 g/mol. The Balaban J connectivity index is 2.82. The van der Waals surface area contributed by atoms with E-state index in [0.29, 0.717) is 11.0 Å². The van der Waals surface area contributed by atoms with Gasteiger partial charge in [0.25, 0.3) is 0 Å². The summed E-state index contributed by atoms with van der Waals surface area (Å²) in [6.45, 7) is 2.71. The first kappa shape index (κ1) is 15.9. The molecule has 1 unspecified atom stereocenters. The molecule has 0 aromatic carbocycles. The molecule has 0 aliphatic carbocycles. The Morgan fingerprint density at radius 2 is 2.16 bits per heavy atom. The Morgan fingerprint density at radius 1 is 1.47 bits per heavy atom. The van der Waals surface area contributed by atoms with Crippen LogP contribution in [0.25, 0.3) is 0 Å². The van der Waals surface area contributed by atoms with Crippen molar-refractivity contribution in [2.45, 2.75) is 31.1 Å². The summed E-state index contributed by atoms with van der Waals surface area (Å²) in [7, 11) is 3.98. The van der Waals surface area contributed by atoms with Gasteiger partial charge in [0.2, 0.25) is 0 Å².